The van der Waals surface area contributed by atoms with Crippen LogP contribution in [0.5, 0.6) is 0 Å². The van der Waals surface area contributed by atoms with Gasteiger partial charge in [0.25, 0.3) is 0 Å². The average molecular weight is 336 g/mol. The van der Waals surface area contributed by atoms with E-state index in [1.54, 1.807) is 0 Å². The molecular weight excluding hydrogens is 312 g/mol. The third-order valence-electron chi connectivity index (χ3n) is 4.77. The summed E-state index contributed by atoms with van der Waals surface area (Å²) in [6, 6.07) is 14.6. The van der Waals surface area contributed by atoms with Crippen LogP contribution in [-0.4, -0.2) is 40.4 Å². The van der Waals surface area contributed by atoms with E-state index in [0.717, 1.165) is 61.0 Å². The Morgan fingerprint density at radius 2 is 1.88 bits per heavy atom. The summed E-state index contributed by atoms with van der Waals surface area (Å²) >= 11 is 0. The van der Waals surface area contributed by atoms with E-state index in [9.17, 15) is 0 Å². The van der Waals surface area contributed by atoms with Gasteiger partial charge in [0.2, 0.25) is 0 Å². The highest BCUT2D eigenvalue weighted by molar-refractivity contribution is 5.67. The fourth-order valence-electron chi connectivity index (χ4n) is 3.54. The molecule has 130 valence electrons. The van der Waals surface area contributed by atoms with Crippen molar-refractivity contribution in [2.75, 3.05) is 24.6 Å². The van der Waals surface area contributed by atoms with Gasteiger partial charge in [0.1, 0.15) is 5.82 Å². The van der Waals surface area contributed by atoms with Gasteiger partial charge in [-0.3, -0.25) is 0 Å². The van der Waals surface area contributed by atoms with Crippen LogP contribution in [0.25, 0.3) is 16.9 Å². The molecule has 5 heteroatoms. The monoisotopic (exact) mass is 336 g/mol. The van der Waals surface area contributed by atoms with Gasteiger partial charge in [-0.25, -0.2) is 4.98 Å². The van der Waals surface area contributed by atoms with E-state index >= 15 is 0 Å². The maximum Gasteiger partial charge on any atom is 0.158 e. The van der Waals surface area contributed by atoms with Crippen molar-refractivity contribution < 1.29 is 4.74 Å². The van der Waals surface area contributed by atoms with E-state index in [1.807, 2.05) is 23.6 Å². The van der Waals surface area contributed by atoms with E-state index in [2.05, 4.69) is 47.3 Å². The number of hydrogen-bond donors (Lipinski definition) is 0. The minimum Gasteiger partial charge on any atom is -0.378 e. The van der Waals surface area contributed by atoms with Crippen molar-refractivity contribution in [3.63, 3.8) is 0 Å². The second-order valence-electron chi connectivity index (χ2n) is 6.56. The molecule has 0 atom stereocenters. The highest BCUT2D eigenvalue weighted by atomic mass is 16.5. The fourth-order valence-corrected chi connectivity index (χ4v) is 3.54. The molecule has 0 N–H and O–H groups in total. The molecule has 1 fully saturated rings. The van der Waals surface area contributed by atoms with E-state index in [-0.39, 0.29) is 0 Å². The molecule has 0 amide bonds. The minimum absolute atomic E-state index is 0.381. The first-order valence-electron chi connectivity index (χ1n) is 9.04. The third kappa shape index (κ3) is 3.24. The molecule has 25 heavy (non-hydrogen) atoms. The minimum atomic E-state index is 0.381. The van der Waals surface area contributed by atoms with Gasteiger partial charge in [0.15, 0.2) is 5.65 Å². The topological polar surface area (TPSA) is 42.7 Å². The first-order chi connectivity index (χ1) is 12.2. The Labute approximate surface area is 148 Å². The highest BCUT2D eigenvalue weighted by Crippen LogP contribution is 2.27. The normalized spacial score (nSPS) is 15.8. The standard InChI is InChI=1S/C20H24N4O/c1-3-25-17-9-11-23(12-10-17)20-14-18(16-7-5-4-6-8-16)21-19-13-15(2)22-24(19)20/h4-8,13-14,17H,3,9-12H2,1-2H3. The van der Waals surface area contributed by atoms with Crippen molar-refractivity contribution in [1.29, 1.82) is 0 Å². The second kappa shape index (κ2) is 6.84. The number of aryl methyl sites for hydroxylation is 1. The summed E-state index contributed by atoms with van der Waals surface area (Å²) in [5.41, 5.74) is 4.02. The predicted molar refractivity (Wildman–Crippen MR) is 100 cm³/mol. The zero-order valence-electron chi connectivity index (χ0n) is 14.9. The van der Waals surface area contributed by atoms with Crippen molar-refractivity contribution in [2.24, 2.45) is 0 Å². The lowest BCUT2D eigenvalue weighted by Crippen LogP contribution is -2.38. The Kier molecular flexibility index (Phi) is 4.40. The van der Waals surface area contributed by atoms with Gasteiger partial charge in [0, 0.05) is 37.4 Å². The van der Waals surface area contributed by atoms with E-state index in [4.69, 9.17) is 9.72 Å². The Balaban J connectivity index is 1.72. The number of benzene rings is 1. The van der Waals surface area contributed by atoms with Crippen LogP contribution >= 0.6 is 0 Å². The van der Waals surface area contributed by atoms with Crippen LogP contribution in [0.15, 0.2) is 42.5 Å². The number of ether oxygens (including phenoxy) is 1. The summed E-state index contributed by atoms with van der Waals surface area (Å²) in [5, 5.41) is 4.66. The van der Waals surface area contributed by atoms with Crippen LogP contribution in [0, 0.1) is 6.92 Å². The Morgan fingerprint density at radius 3 is 2.60 bits per heavy atom. The van der Waals surface area contributed by atoms with Crippen LogP contribution < -0.4 is 4.90 Å². The first kappa shape index (κ1) is 16.1. The molecule has 2 aromatic heterocycles. The molecule has 0 spiro atoms. The summed E-state index contributed by atoms with van der Waals surface area (Å²) in [6.07, 6.45) is 2.49. The summed E-state index contributed by atoms with van der Waals surface area (Å²) in [6.45, 7) is 6.84. The maximum absolute atomic E-state index is 5.79. The molecular formula is C20H24N4O. The second-order valence-corrected chi connectivity index (χ2v) is 6.56. The van der Waals surface area contributed by atoms with Gasteiger partial charge in [-0.05, 0) is 26.7 Å². The lowest BCUT2D eigenvalue weighted by atomic mass is 10.1. The van der Waals surface area contributed by atoms with Gasteiger partial charge < -0.3 is 9.64 Å². The molecule has 3 heterocycles. The molecule has 0 bridgehead atoms. The number of aromatic nitrogens is 3. The Hall–Kier alpha value is -2.40. The van der Waals surface area contributed by atoms with Gasteiger partial charge in [0.05, 0.1) is 17.5 Å². The van der Waals surface area contributed by atoms with Crippen LogP contribution in [0.1, 0.15) is 25.5 Å². The fraction of sp³-hybridized carbons (Fsp3) is 0.400. The van der Waals surface area contributed by atoms with Crippen LogP contribution in [0.4, 0.5) is 5.82 Å². The van der Waals surface area contributed by atoms with E-state index in [0.29, 0.717) is 6.10 Å². The SMILES string of the molecule is CCOC1CCN(c2cc(-c3ccccc3)nc3cc(C)nn23)CC1. The summed E-state index contributed by atoms with van der Waals surface area (Å²) in [4.78, 5) is 7.22. The van der Waals surface area contributed by atoms with Gasteiger partial charge in [-0.2, -0.15) is 9.61 Å². The lowest BCUT2D eigenvalue weighted by Gasteiger charge is -2.33. The maximum atomic E-state index is 5.79. The average Bonchev–Trinajstić information content (AvgIpc) is 3.03. The van der Waals surface area contributed by atoms with Crippen molar-refractivity contribution in [2.45, 2.75) is 32.8 Å². The van der Waals surface area contributed by atoms with Gasteiger partial charge >= 0.3 is 0 Å². The van der Waals surface area contributed by atoms with Crippen molar-refractivity contribution in [1.82, 2.24) is 14.6 Å². The van der Waals surface area contributed by atoms with Crippen LogP contribution in [-0.2, 0) is 4.74 Å². The molecule has 0 unspecified atom stereocenters. The molecule has 5 nitrogen and oxygen atoms in total. The van der Waals surface area contributed by atoms with Crippen LogP contribution in [0.2, 0.25) is 0 Å². The number of nitrogens with zero attached hydrogens (tertiary/aromatic N) is 4. The number of anilines is 1. The quantitative estimate of drug-likeness (QED) is 0.728. The van der Waals surface area contributed by atoms with Gasteiger partial charge in [-0.15, -0.1) is 0 Å². The number of piperidine rings is 1. The summed E-state index contributed by atoms with van der Waals surface area (Å²) in [7, 11) is 0. The predicted octanol–water partition coefficient (Wildman–Crippen LogP) is 3.71. The van der Waals surface area contributed by atoms with Crippen LogP contribution in [0.3, 0.4) is 0 Å². The molecule has 3 aromatic rings. The zero-order valence-corrected chi connectivity index (χ0v) is 14.9. The largest absolute Gasteiger partial charge is 0.378 e. The molecule has 1 aromatic carbocycles. The molecule has 0 radical (unpaired) electrons. The van der Waals surface area contributed by atoms with E-state index < -0.39 is 0 Å². The molecule has 1 saturated heterocycles. The van der Waals surface area contributed by atoms with Gasteiger partial charge in [-0.1, -0.05) is 30.3 Å². The molecule has 0 saturated carbocycles. The van der Waals surface area contributed by atoms with Crippen molar-refractivity contribution >= 4 is 11.5 Å². The third-order valence-corrected chi connectivity index (χ3v) is 4.77. The number of hydrogen-bond acceptors (Lipinski definition) is 4. The molecule has 0 aliphatic carbocycles. The van der Waals surface area contributed by atoms with Crippen molar-refractivity contribution in [3.8, 4) is 11.3 Å². The molecule has 1 aliphatic rings. The molecule has 4 rings (SSSR count). The Morgan fingerprint density at radius 1 is 1.12 bits per heavy atom. The summed E-state index contributed by atoms with van der Waals surface area (Å²) in [5.74, 6) is 1.12. The lowest BCUT2D eigenvalue weighted by molar-refractivity contribution is 0.0458. The first-order valence-corrected chi connectivity index (χ1v) is 9.04. The number of rotatable bonds is 4. The highest BCUT2D eigenvalue weighted by Gasteiger charge is 2.22. The van der Waals surface area contributed by atoms with E-state index in [1.165, 1.54) is 0 Å². The zero-order chi connectivity index (χ0) is 17.2. The smallest absolute Gasteiger partial charge is 0.158 e. The summed E-state index contributed by atoms with van der Waals surface area (Å²) < 4.78 is 7.77. The molecule has 1 aliphatic heterocycles. The number of fused-ring (bicyclic) bond motifs is 1. The van der Waals surface area contributed by atoms with Crippen molar-refractivity contribution in [3.05, 3.63) is 48.2 Å². The Bertz CT molecular complexity index is 851.